The van der Waals surface area contributed by atoms with E-state index in [-0.39, 0.29) is 5.56 Å². The van der Waals surface area contributed by atoms with Gasteiger partial charge in [0.15, 0.2) is 0 Å². The summed E-state index contributed by atoms with van der Waals surface area (Å²) in [5, 5.41) is 13.1. The van der Waals surface area contributed by atoms with Crippen molar-refractivity contribution in [1.29, 1.82) is 0 Å². The average Bonchev–Trinajstić information content (AvgIpc) is 3.29. The predicted molar refractivity (Wildman–Crippen MR) is 108 cm³/mol. The highest BCUT2D eigenvalue weighted by atomic mass is 16.5. The van der Waals surface area contributed by atoms with Crippen LogP contribution in [0.3, 0.4) is 0 Å². The lowest BCUT2D eigenvalue weighted by atomic mass is 9.93. The van der Waals surface area contributed by atoms with E-state index in [1.165, 1.54) is 0 Å². The number of carbonyl (C=O) groups is 1. The van der Waals surface area contributed by atoms with Crippen molar-refractivity contribution in [3.63, 3.8) is 0 Å². The largest absolute Gasteiger partial charge is 0.489 e. The van der Waals surface area contributed by atoms with Gasteiger partial charge in [-0.1, -0.05) is 35.5 Å². The molecule has 0 atom stereocenters. The molecular weight excluding hydrogens is 368 g/mol. The topological polar surface area (TPSA) is 75.8 Å². The molecular formula is C23H24N2O4. The Morgan fingerprint density at radius 2 is 1.86 bits per heavy atom. The molecule has 0 radical (unpaired) electrons. The number of carboxylic acids is 1. The minimum absolute atomic E-state index is 0.281. The SMILES string of the molecule is O=C(O)c1ccc(COc2ccccc2CN2CCC(c3ccon3)CC2)cc1. The fourth-order valence-corrected chi connectivity index (χ4v) is 3.74. The summed E-state index contributed by atoms with van der Waals surface area (Å²) in [5.74, 6) is 0.425. The number of hydrogen-bond acceptors (Lipinski definition) is 5. The second-order valence-electron chi connectivity index (χ2n) is 7.37. The number of hydrogen-bond donors (Lipinski definition) is 1. The Morgan fingerprint density at radius 3 is 2.55 bits per heavy atom. The lowest BCUT2D eigenvalue weighted by Crippen LogP contribution is -2.32. The van der Waals surface area contributed by atoms with Gasteiger partial charge in [0.2, 0.25) is 0 Å². The molecule has 1 aliphatic heterocycles. The van der Waals surface area contributed by atoms with Crippen molar-refractivity contribution in [2.75, 3.05) is 13.1 Å². The van der Waals surface area contributed by atoms with Crippen molar-refractivity contribution in [1.82, 2.24) is 10.1 Å². The van der Waals surface area contributed by atoms with Crippen molar-refractivity contribution in [3.05, 3.63) is 83.2 Å². The summed E-state index contributed by atoms with van der Waals surface area (Å²) in [5.41, 5.74) is 3.44. The maximum absolute atomic E-state index is 11.0. The Kier molecular flexibility index (Phi) is 5.91. The van der Waals surface area contributed by atoms with Crippen LogP contribution in [0.1, 0.15) is 45.9 Å². The van der Waals surface area contributed by atoms with Crippen LogP contribution >= 0.6 is 0 Å². The first-order chi connectivity index (χ1) is 14.2. The number of para-hydroxylation sites is 1. The van der Waals surface area contributed by atoms with Gasteiger partial charge in [-0.3, -0.25) is 4.90 Å². The highest BCUT2D eigenvalue weighted by Gasteiger charge is 2.23. The lowest BCUT2D eigenvalue weighted by molar-refractivity contribution is 0.0697. The maximum atomic E-state index is 11.0. The minimum Gasteiger partial charge on any atom is -0.489 e. The van der Waals surface area contributed by atoms with E-state index < -0.39 is 5.97 Å². The second-order valence-corrected chi connectivity index (χ2v) is 7.37. The van der Waals surface area contributed by atoms with Gasteiger partial charge in [0.25, 0.3) is 0 Å². The first-order valence-electron chi connectivity index (χ1n) is 9.84. The maximum Gasteiger partial charge on any atom is 0.335 e. The molecule has 2 heterocycles. The van der Waals surface area contributed by atoms with Crippen molar-refractivity contribution >= 4 is 5.97 Å². The minimum atomic E-state index is -0.921. The van der Waals surface area contributed by atoms with E-state index in [1.807, 2.05) is 24.3 Å². The molecule has 150 valence electrons. The molecule has 0 bridgehead atoms. The highest BCUT2D eigenvalue weighted by Crippen LogP contribution is 2.29. The van der Waals surface area contributed by atoms with Crippen molar-refractivity contribution < 1.29 is 19.2 Å². The molecule has 0 saturated carbocycles. The van der Waals surface area contributed by atoms with Gasteiger partial charge in [0.1, 0.15) is 18.6 Å². The van der Waals surface area contributed by atoms with Crippen LogP contribution in [0.5, 0.6) is 5.75 Å². The van der Waals surface area contributed by atoms with E-state index in [0.717, 1.165) is 55.0 Å². The van der Waals surface area contributed by atoms with Crippen molar-refractivity contribution in [2.24, 2.45) is 0 Å². The molecule has 1 saturated heterocycles. The summed E-state index contributed by atoms with van der Waals surface area (Å²) >= 11 is 0. The first kappa shape index (κ1) is 19.2. The molecule has 0 aliphatic carbocycles. The summed E-state index contributed by atoms with van der Waals surface area (Å²) in [6.07, 6.45) is 3.79. The Hall–Kier alpha value is -3.12. The Bertz CT molecular complexity index is 930. The Labute approximate surface area is 169 Å². The molecule has 1 aromatic heterocycles. The molecule has 1 N–H and O–H groups in total. The molecule has 3 aromatic rings. The number of carboxylic acid groups (broad SMARTS) is 1. The van der Waals surface area contributed by atoms with Crippen LogP contribution in [0.2, 0.25) is 0 Å². The van der Waals surface area contributed by atoms with Gasteiger partial charge in [-0.05, 0) is 49.7 Å². The van der Waals surface area contributed by atoms with Gasteiger partial charge in [-0.15, -0.1) is 0 Å². The van der Waals surface area contributed by atoms with Crippen LogP contribution in [-0.2, 0) is 13.2 Å². The first-order valence-corrected chi connectivity index (χ1v) is 9.84. The molecule has 0 spiro atoms. The van der Waals surface area contributed by atoms with E-state index >= 15 is 0 Å². The van der Waals surface area contributed by atoms with Gasteiger partial charge in [0, 0.05) is 24.1 Å². The standard InChI is InChI=1S/C23H24N2O4/c26-23(27)19-7-5-17(6-8-19)16-28-22-4-2-1-3-20(22)15-25-12-9-18(10-13-25)21-11-14-29-24-21/h1-8,11,14,18H,9-10,12-13,15-16H2,(H,26,27). The van der Waals surface area contributed by atoms with Gasteiger partial charge < -0.3 is 14.4 Å². The molecule has 4 rings (SSSR count). The molecule has 6 heteroatoms. The zero-order valence-corrected chi connectivity index (χ0v) is 16.2. The molecule has 6 nitrogen and oxygen atoms in total. The quantitative estimate of drug-likeness (QED) is 0.645. The van der Waals surface area contributed by atoms with Crippen LogP contribution in [0.25, 0.3) is 0 Å². The lowest BCUT2D eigenvalue weighted by Gasteiger charge is -2.31. The highest BCUT2D eigenvalue weighted by molar-refractivity contribution is 5.87. The van der Waals surface area contributed by atoms with Crippen LogP contribution < -0.4 is 4.74 Å². The second kappa shape index (κ2) is 8.92. The average molecular weight is 392 g/mol. The summed E-state index contributed by atoms with van der Waals surface area (Å²) in [6.45, 7) is 3.29. The molecule has 1 fully saturated rings. The number of likely N-dealkylation sites (tertiary alicyclic amines) is 1. The molecule has 2 aromatic carbocycles. The smallest absolute Gasteiger partial charge is 0.335 e. The normalized spacial score (nSPS) is 15.3. The Morgan fingerprint density at radius 1 is 1.10 bits per heavy atom. The van der Waals surface area contributed by atoms with Crippen LogP contribution in [0.15, 0.2) is 65.4 Å². The van der Waals surface area contributed by atoms with E-state index in [9.17, 15) is 4.79 Å². The van der Waals surface area contributed by atoms with Gasteiger partial charge in [0.05, 0.1) is 11.3 Å². The zero-order chi connectivity index (χ0) is 20.1. The van der Waals surface area contributed by atoms with Crippen molar-refractivity contribution in [3.8, 4) is 5.75 Å². The van der Waals surface area contributed by atoms with Crippen LogP contribution in [0.4, 0.5) is 0 Å². The fraction of sp³-hybridized carbons (Fsp3) is 0.304. The number of aromatic nitrogens is 1. The van der Waals surface area contributed by atoms with E-state index in [1.54, 1.807) is 30.5 Å². The number of ether oxygens (including phenoxy) is 1. The third-order valence-corrected chi connectivity index (χ3v) is 5.43. The molecule has 0 amide bonds. The number of nitrogens with zero attached hydrogens (tertiary/aromatic N) is 2. The summed E-state index contributed by atoms with van der Waals surface area (Å²) < 4.78 is 11.0. The number of rotatable bonds is 7. The third-order valence-electron chi connectivity index (χ3n) is 5.43. The number of aromatic carboxylic acids is 1. The molecule has 0 unspecified atom stereocenters. The summed E-state index contributed by atoms with van der Waals surface area (Å²) in [4.78, 5) is 13.4. The van der Waals surface area contributed by atoms with Gasteiger partial charge in [-0.2, -0.15) is 0 Å². The van der Waals surface area contributed by atoms with E-state index in [4.69, 9.17) is 14.4 Å². The third kappa shape index (κ3) is 4.84. The summed E-state index contributed by atoms with van der Waals surface area (Å²) in [6, 6.07) is 16.9. The zero-order valence-electron chi connectivity index (χ0n) is 16.2. The predicted octanol–water partition coefficient (Wildman–Crippen LogP) is 4.33. The van der Waals surface area contributed by atoms with Gasteiger partial charge in [-0.25, -0.2) is 4.79 Å². The monoisotopic (exact) mass is 392 g/mol. The number of piperidine rings is 1. The Balaban J connectivity index is 1.34. The van der Waals surface area contributed by atoms with Crippen LogP contribution in [-0.4, -0.2) is 34.2 Å². The number of benzene rings is 2. The molecule has 29 heavy (non-hydrogen) atoms. The van der Waals surface area contributed by atoms with E-state index in [2.05, 4.69) is 16.1 Å². The summed E-state index contributed by atoms with van der Waals surface area (Å²) in [7, 11) is 0. The van der Waals surface area contributed by atoms with E-state index in [0.29, 0.717) is 12.5 Å². The van der Waals surface area contributed by atoms with Gasteiger partial charge >= 0.3 is 5.97 Å². The van der Waals surface area contributed by atoms with Crippen LogP contribution in [0, 0.1) is 0 Å². The van der Waals surface area contributed by atoms with Crippen molar-refractivity contribution in [2.45, 2.75) is 31.9 Å². The fourth-order valence-electron chi connectivity index (χ4n) is 3.74. The molecule has 1 aliphatic rings.